The fourth-order valence-electron chi connectivity index (χ4n) is 1.92. The Labute approximate surface area is 119 Å². The van der Waals surface area contributed by atoms with Gasteiger partial charge < -0.3 is 5.32 Å². The molecule has 0 spiro atoms. The molecule has 0 fully saturated rings. The molecular weight excluding hydrogens is 276 g/mol. The van der Waals surface area contributed by atoms with Crippen molar-refractivity contribution in [3.63, 3.8) is 0 Å². The smallest absolute Gasteiger partial charge is 0.263 e. The van der Waals surface area contributed by atoms with Crippen molar-refractivity contribution in [2.24, 2.45) is 0 Å². The van der Waals surface area contributed by atoms with Crippen molar-refractivity contribution in [3.8, 4) is 0 Å². The fourth-order valence-corrected chi connectivity index (χ4v) is 2.96. The van der Waals surface area contributed by atoms with Gasteiger partial charge in [0.25, 0.3) is 5.91 Å². The number of thioether (sulfide) groups is 1. The number of benzene rings is 1. The Morgan fingerprint density at radius 1 is 1.40 bits per heavy atom. The van der Waals surface area contributed by atoms with Gasteiger partial charge in [0.1, 0.15) is 11.6 Å². The van der Waals surface area contributed by atoms with Gasteiger partial charge in [-0.25, -0.2) is 4.98 Å². The van der Waals surface area contributed by atoms with Crippen molar-refractivity contribution in [3.05, 3.63) is 36.2 Å². The molecule has 102 valence electrons. The first-order valence-corrected chi connectivity index (χ1v) is 6.99. The van der Waals surface area contributed by atoms with Crippen LogP contribution in [0.15, 0.2) is 35.7 Å². The van der Waals surface area contributed by atoms with Crippen LogP contribution in [0.4, 0.5) is 5.69 Å². The molecule has 0 bridgehead atoms. The van der Waals surface area contributed by atoms with Gasteiger partial charge in [-0.1, -0.05) is 29.5 Å². The first-order valence-electron chi connectivity index (χ1n) is 6.11. The Bertz CT molecular complexity index is 665. The number of fused-ring (bicyclic) bond motifs is 1. The second-order valence-corrected chi connectivity index (χ2v) is 5.69. The van der Waals surface area contributed by atoms with E-state index in [-0.39, 0.29) is 18.2 Å². The first kappa shape index (κ1) is 12.9. The lowest BCUT2D eigenvalue weighted by Gasteiger charge is -2.08. The molecule has 0 radical (unpaired) electrons. The van der Waals surface area contributed by atoms with Crippen LogP contribution in [0.2, 0.25) is 0 Å². The number of aryl methyl sites for hydroxylation is 1. The lowest BCUT2D eigenvalue weighted by molar-refractivity contribution is -0.116. The van der Waals surface area contributed by atoms with Crippen LogP contribution in [0, 0.1) is 6.92 Å². The van der Waals surface area contributed by atoms with Crippen molar-refractivity contribution >= 4 is 29.3 Å². The molecule has 2 heterocycles. The largest absolute Gasteiger partial charge is 0.326 e. The summed E-state index contributed by atoms with van der Waals surface area (Å²) in [5, 5.41) is 6.71. The summed E-state index contributed by atoms with van der Waals surface area (Å²) in [6, 6.07) is 7.52. The van der Waals surface area contributed by atoms with Gasteiger partial charge >= 0.3 is 0 Å². The minimum absolute atomic E-state index is 0.114. The molecule has 2 aromatic rings. The molecule has 1 aromatic carbocycles. The van der Waals surface area contributed by atoms with Crippen LogP contribution in [0.25, 0.3) is 0 Å². The highest BCUT2D eigenvalue weighted by molar-refractivity contribution is 8.00. The van der Waals surface area contributed by atoms with Crippen LogP contribution in [0.5, 0.6) is 0 Å². The summed E-state index contributed by atoms with van der Waals surface area (Å²) >= 11 is 1.27. The highest BCUT2D eigenvalue weighted by atomic mass is 32.2. The summed E-state index contributed by atoms with van der Waals surface area (Å²) in [4.78, 5) is 27.9. The fraction of sp³-hybridized carbons (Fsp3) is 0.231. The van der Waals surface area contributed by atoms with E-state index in [2.05, 4.69) is 15.4 Å². The van der Waals surface area contributed by atoms with E-state index in [1.54, 1.807) is 0 Å². The Morgan fingerprint density at radius 3 is 2.85 bits per heavy atom. The zero-order valence-electron chi connectivity index (χ0n) is 10.7. The summed E-state index contributed by atoms with van der Waals surface area (Å²) in [5.74, 6) is -0.382. The molecule has 0 saturated carbocycles. The first-order chi connectivity index (χ1) is 9.63. The molecule has 1 N–H and O–H groups in total. The monoisotopic (exact) mass is 288 g/mol. The summed E-state index contributed by atoms with van der Waals surface area (Å²) in [6.07, 6.45) is 1.45. The standard InChI is InChI=1S/C13H12N4O2S/c1-8-2-4-9(5-3-8)16-11(18)6-10-12(19)17-13(20-10)14-7-15-17/h2-5,7,10H,6H2,1H3,(H,16,18)/t10-/m1/s1. The van der Waals surface area contributed by atoms with E-state index in [0.717, 1.165) is 11.3 Å². The quantitative estimate of drug-likeness (QED) is 0.930. The average Bonchev–Trinajstić information content (AvgIpc) is 2.97. The Kier molecular flexibility index (Phi) is 3.27. The van der Waals surface area contributed by atoms with Crippen LogP contribution in [-0.4, -0.2) is 31.8 Å². The molecule has 20 heavy (non-hydrogen) atoms. The topological polar surface area (TPSA) is 76.9 Å². The number of amides is 1. The van der Waals surface area contributed by atoms with Gasteiger partial charge in [0.15, 0.2) is 5.16 Å². The number of hydrogen-bond acceptors (Lipinski definition) is 5. The maximum absolute atomic E-state index is 12.0. The van der Waals surface area contributed by atoms with Crippen molar-refractivity contribution in [1.82, 2.24) is 14.8 Å². The Hall–Kier alpha value is -2.15. The van der Waals surface area contributed by atoms with Crippen LogP contribution in [0.1, 0.15) is 16.8 Å². The molecule has 3 rings (SSSR count). The molecular formula is C13H12N4O2S. The second kappa shape index (κ2) is 5.09. The molecule has 1 aliphatic rings. The molecule has 6 nitrogen and oxygen atoms in total. The van der Waals surface area contributed by atoms with E-state index in [1.807, 2.05) is 31.2 Å². The molecule has 1 aromatic heterocycles. The molecule has 7 heteroatoms. The number of nitrogens with one attached hydrogen (secondary N) is 1. The average molecular weight is 288 g/mol. The van der Waals surface area contributed by atoms with E-state index >= 15 is 0 Å². The van der Waals surface area contributed by atoms with Gasteiger partial charge in [-0.2, -0.15) is 9.78 Å². The SMILES string of the molecule is Cc1ccc(NC(=O)C[C@H]2Sc3ncnn3C2=O)cc1. The van der Waals surface area contributed by atoms with Gasteiger partial charge in [0, 0.05) is 12.1 Å². The van der Waals surface area contributed by atoms with Crippen LogP contribution >= 0.6 is 11.8 Å². The third-order valence-corrected chi connectivity index (χ3v) is 4.10. The van der Waals surface area contributed by atoms with E-state index in [0.29, 0.717) is 5.16 Å². The van der Waals surface area contributed by atoms with Gasteiger partial charge in [0.05, 0.1) is 0 Å². The number of carbonyl (C=O) groups excluding carboxylic acids is 2. The van der Waals surface area contributed by atoms with Gasteiger partial charge in [0.2, 0.25) is 5.91 Å². The Balaban J connectivity index is 1.62. The van der Waals surface area contributed by atoms with Gasteiger partial charge in [-0.15, -0.1) is 0 Å². The number of carbonyl (C=O) groups is 2. The number of rotatable bonds is 3. The second-order valence-electron chi connectivity index (χ2n) is 4.52. The molecule has 1 amide bonds. The highest BCUT2D eigenvalue weighted by Gasteiger charge is 2.34. The molecule has 0 saturated heterocycles. The minimum Gasteiger partial charge on any atom is -0.326 e. The molecule has 1 aliphatic heterocycles. The molecule has 0 aliphatic carbocycles. The van der Waals surface area contributed by atoms with Gasteiger partial charge in [-0.05, 0) is 19.1 Å². The zero-order chi connectivity index (χ0) is 14.1. The third-order valence-electron chi connectivity index (χ3n) is 2.95. The third kappa shape index (κ3) is 2.44. The zero-order valence-corrected chi connectivity index (χ0v) is 11.6. The van der Waals surface area contributed by atoms with Crippen molar-refractivity contribution < 1.29 is 9.59 Å². The van der Waals surface area contributed by atoms with Crippen molar-refractivity contribution in [2.45, 2.75) is 23.8 Å². The molecule has 0 unspecified atom stereocenters. The predicted octanol–water partition coefficient (Wildman–Crippen LogP) is 1.73. The lowest BCUT2D eigenvalue weighted by atomic mass is 10.2. The van der Waals surface area contributed by atoms with Crippen LogP contribution < -0.4 is 5.32 Å². The summed E-state index contributed by atoms with van der Waals surface area (Å²) in [7, 11) is 0. The van der Waals surface area contributed by atoms with E-state index in [4.69, 9.17) is 0 Å². The lowest BCUT2D eigenvalue weighted by Crippen LogP contribution is -2.24. The summed E-state index contributed by atoms with van der Waals surface area (Å²) in [5.41, 5.74) is 1.85. The van der Waals surface area contributed by atoms with E-state index < -0.39 is 5.25 Å². The summed E-state index contributed by atoms with van der Waals surface area (Å²) < 4.78 is 1.24. The number of hydrogen-bond donors (Lipinski definition) is 1. The van der Waals surface area contributed by atoms with Crippen LogP contribution in [-0.2, 0) is 4.79 Å². The number of aromatic nitrogens is 3. The maximum Gasteiger partial charge on any atom is 0.263 e. The normalized spacial score (nSPS) is 17.1. The highest BCUT2D eigenvalue weighted by Crippen LogP contribution is 2.31. The van der Waals surface area contributed by atoms with E-state index in [9.17, 15) is 9.59 Å². The van der Waals surface area contributed by atoms with Crippen molar-refractivity contribution in [2.75, 3.05) is 5.32 Å². The predicted molar refractivity (Wildman–Crippen MR) is 74.7 cm³/mol. The minimum atomic E-state index is -0.448. The van der Waals surface area contributed by atoms with Crippen molar-refractivity contribution in [1.29, 1.82) is 0 Å². The van der Waals surface area contributed by atoms with Gasteiger partial charge in [-0.3, -0.25) is 9.59 Å². The Morgan fingerprint density at radius 2 is 2.15 bits per heavy atom. The molecule has 1 atom stereocenters. The maximum atomic E-state index is 12.0. The number of anilines is 1. The number of nitrogens with zero attached hydrogens (tertiary/aromatic N) is 3. The summed E-state index contributed by atoms with van der Waals surface area (Å²) in [6.45, 7) is 1.98. The van der Waals surface area contributed by atoms with Crippen LogP contribution in [0.3, 0.4) is 0 Å². The van der Waals surface area contributed by atoms with E-state index in [1.165, 1.54) is 22.8 Å².